The van der Waals surface area contributed by atoms with Crippen LogP contribution in [0.1, 0.15) is 18.5 Å². The Kier molecular flexibility index (Phi) is 6.24. The smallest absolute Gasteiger partial charge is 0.379 e. The van der Waals surface area contributed by atoms with E-state index in [1.165, 1.54) is 6.92 Å². The van der Waals surface area contributed by atoms with Crippen molar-refractivity contribution in [1.82, 2.24) is 0 Å². The summed E-state index contributed by atoms with van der Waals surface area (Å²) in [7, 11) is 0. The van der Waals surface area contributed by atoms with Crippen LogP contribution < -0.4 is 5.73 Å². The van der Waals surface area contributed by atoms with E-state index in [9.17, 15) is 22.4 Å². The highest BCUT2D eigenvalue weighted by Crippen LogP contribution is 2.33. The third-order valence-corrected chi connectivity index (χ3v) is 2.25. The van der Waals surface area contributed by atoms with Gasteiger partial charge in [-0.3, -0.25) is 0 Å². The summed E-state index contributed by atoms with van der Waals surface area (Å²) in [6, 6.07) is 0.111. The molecule has 108 valence electrons. The van der Waals surface area contributed by atoms with E-state index >= 15 is 0 Å². The Labute approximate surface area is 113 Å². The highest BCUT2D eigenvalue weighted by Gasteiger charge is 2.49. The van der Waals surface area contributed by atoms with Crippen molar-refractivity contribution in [1.29, 1.82) is 0 Å². The van der Waals surface area contributed by atoms with Crippen LogP contribution in [0.4, 0.5) is 17.6 Å². The second kappa shape index (κ2) is 6.72. The minimum atomic E-state index is -4.21. The molecule has 0 fully saturated rings. The van der Waals surface area contributed by atoms with E-state index in [2.05, 4.69) is 4.74 Å². The van der Waals surface area contributed by atoms with E-state index < -0.39 is 35.1 Å². The molecule has 0 aliphatic carbocycles. The largest absolute Gasteiger partial charge is 0.462 e. The zero-order valence-electron chi connectivity index (χ0n) is 9.83. The first-order chi connectivity index (χ1) is 8.32. The number of nitrogens with two attached hydrogens (primary N) is 1. The molecule has 0 aliphatic rings. The monoisotopic (exact) mass is 301 g/mol. The molecule has 0 saturated heterocycles. The Morgan fingerprint density at radius 3 is 2.26 bits per heavy atom. The Morgan fingerprint density at radius 1 is 1.37 bits per heavy atom. The van der Waals surface area contributed by atoms with Crippen LogP contribution in [0.25, 0.3) is 0 Å². The lowest BCUT2D eigenvalue weighted by atomic mass is 10.0. The molecule has 1 rings (SSSR count). The summed E-state index contributed by atoms with van der Waals surface area (Å²) >= 11 is 0. The van der Waals surface area contributed by atoms with Gasteiger partial charge in [-0.05, 0) is 19.1 Å². The van der Waals surface area contributed by atoms with Gasteiger partial charge >= 0.3 is 11.9 Å². The second-order valence-electron chi connectivity index (χ2n) is 3.46. The summed E-state index contributed by atoms with van der Waals surface area (Å²) in [4.78, 5) is 11.0. The molecule has 0 saturated carbocycles. The number of rotatable bonds is 4. The fourth-order valence-corrected chi connectivity index (χ4v) is 1.34. The molecular formula is C11H12ClF4NO2. The summed E-state index contributed by atoms with van der Waals surface area (Å²) in [6.45, 7) is 1.03. The molecule has 0 aromatic heterocycles. The molecule has 3 nitrogen and oxygen atoms in total. The summed E-state index contributed by atoms with van der Waals surface area (Å²) in [5.41, 5.74) is 4.03. The molecule has 2 N–H and O–H groups in total. The average molecular weight is 302 g/mol. The van der Waals surface area contributed by atoms with Crippen LogP contribution in [-0.4, -0.2) is 18.5 Å². The van der Waals surface area contributed by atoms with Gasteiger partial charge in [0.25, 0.3) is 0 Å². The third-order valence-electron chi connectivity index (χ3n) is 2.25. The normalized spacial score (nSPS) is 12.5. The molecule has 0 amide bonds. The lowest BCUT2D eigenvalue weighted by molar-refractivity contribution is -0.175. The lowest BCUT2D eigenvalue weighted by Crippen LogP contribution is -2.42. The van der Waals surface area contributed by atoms with Gasteiger partial charge in [-0.1, -0.05) is 6.07 Å². The maximum atomic E-state index is 13.5. The summed E-state index contributed by atoms with van der Waals surface area (Å²) in [5, 5.41) is 0. The first-order valence-corrected chi connectivity index (χ1v) is 5.06. The van der Waals surface area contributed by atoms with E-state index in [0.29, 0.717) is 0 Å². The first kappa shape index (κ1) is 17.7. The summed E-state index contributed by atoms with van der Waals surface area (Å²) in [5.74, 6) is -8.61. The van der Waals surface area contributed by atoms with Crippen LogP contribution in [0.5, 0.6) is 0 Å². The van der Waals surface area contributed by atoms with E-state index in [0.717, 1.165) is 18.2 Å². The van der Waals surface area contributed by atoms with Crippen LogP contribution in [0.2, 0.25) is 0 Å². The SMILES string of the molecule is CCOC(=O)C(F)(F)[C@@H](N)c1c(F)cccc1F.Cl. The summed E-state index contributed by atoms with van der Waals surface area (Å²) in [6.07, 6.45) is 0. The minimum absolute atomic E-state index is 0. The quantitative estimate of drug-likeness (QED) is 0.687. The van der Waals surface area contributed by atoms with Gasteiger partial charge in [0.2, 0.25) is 0 Å². The van der Waals surface area contributed by atoms with Crippen molar-refractivity contribution in [2.75, 3.05) is 6.61 Å². The van der Waals surface area contributed by atoms with E-state index in [1.54, 1.807) is 0 Å². The van der Waals surface area contributed by atoms with Gasteiger partial charge in [-0.2, -0.15) is 8.78 Å². The average Bonchev–Trinajstić information content (AvgIpc) is 2.28. The van der Waals surface area contributed by atoms with Gasteiger partial charge in [0.05, 0.1) is 6.61 Å². The standard InChI is InChI=1S/C11H11F4NO2.ClH/c1-2-18-10(17)11(14,15)9(16)8-6(12)4-3-5-7(8)13;/h3-5,9H,2,16H2,1H3;1H/t9-;/m0./s1. The van der Waals surface area contributed by atoms with Gasteiger partial charge in [0.15, 0.2) is 0 Å². The molecule has 0 aliphatic heterocycles. The van der Waals surface area contributed by atoms with Gasteiger partial charge in [0.1, 0.15) is 17.7 Å². The van der Waals surface area contributed by atoms with Crippen LogP contribution in [-0.2, 0) is 9.53 Å². The van der Waals surface area contributed by atoms with Crippen molar-refractivity contribution in [3.63, 3.8) is 0 Å². The third kappa shape index (κ3) is 3.57. The Bertz CT molecular complexity index is 436. The van der Waals surface area contributed by atoms with Crippen LogP contribution in [0, 0.1) is 11.6 Å². The Morgan fingerprint density at radius 2 is 1.84 bits per heavy atom. The number of halogens is 5. The van der Waals surface area contributed by atoms with Crippen molar-refractivity contribution in [2.45, 2.75) is 18.9 Å². The van der Waals surface area contributed by atoms with Gasteiger partial charge < -0.3 is 10.5 Å². The van der Waals surface area contributed by atoms with Crippen molar-refractivity contribution in [3.8, 4) is 0 Å². The number of ether oxygens (including phenoxy) is 1. The number of benzene rings is 1. The second-order valence-corrected chi connectivity index (χ2v) is 3.46. The molecule has 1 atom stereocenters. The minimum Gasteiger partial charge on any atom is -0.462 e. The van der Waals surface area contributed by atoms with Gasteiger partial charge in [-0.25, -0.2) is 13.6 Å². The van der Waals surface area contributed by atoms with Crippen molar-refractivity contribution in [2.24, 2.45) is 5.73 Å². The van der Waals surface area contributed by atoms with Crippen molar-refractivity contribution < 1.29 is 27.1 Å². The highest BCUT2D eigenvalue weighted by atomic mass is 35.5. The number of esters is 1. The van der Waals surface area contributed by atoms with E-state index in [1.807, 2.05) is 0 Å². The fourth-order valence-electron chi connectivity index (χ4n) is 1.34. The van der Waals surface area contributed by atoms with Crippen LogP contribution in [0.3, 0.4) is 0 Å². The molecule has 0 heterocycles. The van der Waals surface area contributed by atoms with Crippen LogP contribution in [0.15, 0.2) is 18.2 Å². The highest BCUT2D eigenvalue weighted by molar-refractivity contribution is 5.85. The molecule has 0 unspecified atom stereocenters. The molecule has 0 bridgehead atoms. The van der Waals surface area contributed by atoms with Gasteiger partial charge in [-0.15, -0.1) is 12.4 Å². The van der Waals surface area contributed by atoms with Crippen molar-refractivity contribution >= 4 is 18.4 Å². The van der Waals surface area contributed by atoms with Crippen molar-refractivity contribution in [3.05, 3.63) is 35.4 Å². The molecule has 1 aromatic carbocycles. The number of carbonyl (C=O) groups is 1. The fraction of sp³-hybridized carbons (Fsp3) is 0.364. The number of hydrogen-bond acceptors (Lipinski definition) is 3. The number of carbonyl (C=O) groups excluding carboxylic acids is 1. The summed E-state index contributed by atoms with van der Waals surface area (Å²) < 4.78 is 57.7. The molecule has 19 heavy (non-hydrogen) atoms. The molecule has 0 spiro atoms. The first-order valence-electron chi connectivity index (χ1n) is 5.06. The predicted octanol–water partition coefficient (Wildman–Crippen LogP) is 2.58. The topological polar surface area (TPSA) is 52.3 Å². The zero-order chi connectivity index (χ0) is 13.9. The van der Waals surface area contributed by atoms with Crippen LogP contribution >= 0.6 is 12.4 Å². The Balaban J connectivity index is 0.00000324. The maximum absolute atomic E-state index is 13.5. The molecular weight excluding hydrogens is 290 g/mol. The Hall–Kier alpha value is -1.34. The number of hydrogen-bond donors (Lipinski definition) is 1. The zero-order valence-corrected chi connectivity index (χ0v) is 10.6. The molecule has 0 radical (unpaired) electrons. The number of alkyl halides is 2. The lowest BCUT2D eigenvalue weighted by Gasteiger charge is -2.22. The van der Waals surface area contributed by atoms with Gasteiger partial charge in [0, 0.05) is 5.56 Å². The van der Waals surface area contributed by atoms with E-state index in [-0.39, 0.29) is 19.0 Å². The maximum Gasteiger partial charge on any atom is 0.379 e. The predicted molar refractivity (Wildman–Crippen MR) is 62.1 cm³/mol. The van der Waals surface area contributed by atoms with E-state index in [4.69, 9.17) is 5.73 Å². The molecule has 1 aromatic rings. The molecule has 8 heteroatoms.